The molecule has 0 saturated heterocycles. The van der Waals surface area contributed by atoms with Gasteiger partial charge >= 0.3 is 0 Å². The summed E-state index contributed by atoms with van der Waals surface area (Å²) in [7, 11) is 0. The van der Waals surface area contributed by atoms with Gasteiger partial charge in [-0.1, -0.05) is 60.3 Å². The lowest BCUT2D eigenvalue weighted by Crippen LogP contribution is -2.17. The largest absolute Gasteiger partial charge is 0.384 e. The van der Waals surface area contributed by atoms with E-state index in [1.165, 1.54) is 32.1 Å². The second-order valence-corrected chi connectivity index (χ2v) is 10.2. The van der Waals surface area contributed by atoms with Gasteiger partial charge in [-0.2, -0.15) is 0 Å². The number of aliphatic imine (C=N–C) groups is 1. The van der Waals surface area contributed by atoms with Crippen LogP contribution in [0.3, 0.4) is 0 Å². The molecule has 1 aromatic rings. The number of carbonyl (C=O) groups is 1. The van der Waals surface area contributed by atoms with Crippen LogP contribution in [0.15, 0.2) is 17.1 Å². The SMILES string of the molecule is CC1CCC1.CCCC(=O)CC(C)C.CCCCC(C)=Nc1ccc(C(C)(C)O)nc1C. The van der Waals surface area contributed by atoms with Crippen LogP contribution in [0, 0.1) is 18.8 Å². The zero-order valence-corrected chi connectivity index (χ0v) is 22.4. The van der Waals surface area contributed by atoms with Gasteiger partial charge in [-0.05, 0) is 70.9 Å². The molecule has 1 N–H and O–H groups in total. The number of rotatable bonds is 9. The number of hydrogen-bond donors (Lipinski definition) is 1. The van der Waals surface area contributed by atoms with E-state index in [1.807, 2.05) is 26.0 Å². The van der Waals surface area contributed by atoms with Crippen molar-refractivity contribution in [2.45, 2.75) is 126 Å². The number of nitrogens with zero attached hydrogens (tertiary/aromatic N) is 2. The van der Waals surface area contributed by atoms with Crippen LogP contribution in [0.25, 0.3) is 0 Å². The molecule has 1 fully saturated rings. The molecule has 0 aliphatic heterocycles. The molecule has 1 saturated carbocycles. The maximum absolute atomic E-state index is 10.9. The number of carbonyl (C=O) groups excluding carboxylic acids is 1. The normalized spacial score (nSPS) is 14.2. The highest BCUT2D eigenvalue weighted by Gasteiger charge is 2.18. The molecule has 4 heteroatoms. The highest BCUT2D eigenvalue weighted by atomic mass is 16.3. The Labute approximate surface area is 198 Å². The number of unbranched alkanes of at least 4 members (excludes halogenated alkanes) is 1. The van der Waals surface area contributed by atoms with E-state index in [2.05, 4.69) is 44.6 Å². The molecular weight excluding hydrogens is 396 g/mol. The first-order valence-electron chi connectivity index (χ1n) is 12.7. The van der Waals surface area contributed by atoms with Gasteiger partial charge in [0.15, 0.2) is 0 Å². The molecule has 1 aromatic heterocycles. The molecule has 0 spiro atoms. The van der Waals surface area contributed by atoms with Crippen LogP contribution < -0.4 is 0 Å². The first-order chi connectivity index (χ1) is 14.9. The molecule has 184 valence electrons. The molecule has 0 atom stereocenters. The smallest absolute Gasteiger partial charge is 0.133 e. The predicted octanol–water partition coefficient (Wildman–Crippen LogP) is 8.11. The molecule has 0 amide bonds. The number of aromatic nitrogens is 1. The Balaban J connectivity index is 0.000000564. The van der Waals surface area contributed by atoms with E-state index >= 15 is 0 Å². The zero-order chi connectivity index (χ0) is 24.7. The van der Waals surface area contributed by atoms with E-state index in [0.717, 1.165) is 48.7 Å². The van der Waals surface area contributed by atoms with Crippen molar-refractivity contribution in [1.29, 1.82) is 0 Å². The Morgan fingerprint density at radius 2 is 1.78 bits per heavy atom. The zero-order valence-electron chi connectivity index (χ0n) is 22.4. The maximum Gasteiger partial charge on any atom is 0.133 e. The quantitative estimate of drug-likeness (QED) is 0.390. The third-order valence-corrected chi connectivity index (χ3v) is 5.45. The molecular formula is C28H50N2O2. The van der Waals surface area contributed by atoms with Crippen LogP contribution in [0.4, 0.5) is 5.69 Å². The lowest BCUT2D eigenvalue weighted by Gasteiger charge is -2.18. The first-order valence-corrected chi connectivity index (χ1v) is 12.7. The van der Waals surface area contributed by atoms with Crippen molar-refractivity contribution < 1.29 is 9.90 Å². The minimum absolute atomic E-state index is 0.410. The van der Waals surface area contributed by atoms with E-state index in [1.54, 1.807) is 13.8 Å². The Kier molecular flexibility index (Phi) is 15.3. The Hall–Kier alpha value is -1.55. The topological polar surface area (TPSA) is 62.5 Å². The molecule has 1 heterocycles. The van der Waals surface area contributed by atoms with Crippen LogP contribution in [0.5, 0.6) is 0 Å². The van der Waals surface area contributed by atoms with Crippen molar-refractivity contribution >= 4 is 17.2 Å². The highest BCUT2D eigenvalue weighted by Crippen LogP contribution is 2.24. The number of aliphatic hydroxyl groups is 1. The van der Waals surface area contributed by atoms with Gasteiger partial charge in [-0.3, -0.25) is 14.8 Å². The summed E-state index contributed by atoms with van der Waals surface area (Å²) in [5, 5.41) is 9.90. The summed E-state index contributed by atoms with van der Waals surface area (Å²) in [5.74, 6) is 2.01. The first kappa shape index (κ1) is 30.4. The Morgan fingerprint density at radius 1 is 1.19 bits per heavy atom. The fraction of sp³-hybridized carbons (Fsp3) is 0.750. The number of pyridine rings is 1. The lowest BCUT2D eigenvalue weighted by molar-refractivity contribution is -0.119. The summed E-state index contributed by atoms with van der Waals surface area (Å²) >= 11 is 0. The Morgan fingerprint density at radius 3 is 2.16 bits per heavy atom. The van der Waals surface area contributed by atoms with Crippen molar-refractivity contribution in [3.8, 4) is 0 Å². The van der Waals surface area contributed by atoms with Gasteiger partial charge < -0.3 is 5.11 Å². The van der Waals surface area contributed by atoms with Gasteiger partial charge in [0.05, 0.1) is 17.1 Å². The number of aryl methyl sites for hydroxylation is 1. The van der Waals surface area contributed by atoms with Crippen LogP contribution in [0.1, 0.15) is 125 Å². The predicted molar refractivity (Wildman–Crippen MR) is 139 cm³/mol. The van der Waals surface area contributed by atoms with Crippen molar-refractivity contribution in [1.82, 2.24) is 4.98 Å². The standard InChI is InChI=1S/C15H24N2O.C8H16O.C5H10/c1-6-7-8-11(2)16-13-9-10-14(15(4,5)18)17-12(13)3;1-4-5-8(9)6-7(2)3;1-5-3-2-4-5/h9-10,18H,6-8H2,1-5H3;7H,4-6H2,1-3H3;5H,2-4H2,1H3. The molecule has 2 rings (SSSR count). The summed E-state index contributed by atoms with van der Waals surface area (Å²) in [6.45, 7) is 18.1. The third-order valence-electron chi connectivity index (χ3n) is 5.45. The van der Waals surface area contributed by atoms with Gasteiger partial charge in [0, 0.05) is 18.6 Å². The minimum atomic E-state index is -0.899. The van der Waals surface area contributed by atoms with Crippen LogP contribution in [0.2, 0.25) is 0 Å². The van der Waals surface area contributed by atoms with Crippen molar-refractivity contribution in [2.24, 2.45) is 16.8 Å². The van der Waals surface area contributed by atoms with Crippen molar-refractivity contribution in [3.05, 3.63) is 23.5 Å². The second kappa shape index (κ2) is 16.1. The van der Waals surface area contributed by atoms with E-state index in [0.29, 0.717) is 17.4 Å². The number of hydrogen-bond acceptors (Lipinski definition) is 4. The molecule has 1 aliphatic rings. The van der Waals surface area contributed by atoms with Gasteiger partial charge in [-0.25, -0.2) is 0 Å². The summed E-state index contributed by atoms with van der Waals surface area (Å²) in [6, 6.07) is 3.78. The number of Topliss-reactive ketones (excluding diaryl/α,β-unsaturated/α-hetero) is 1. The third kappa shape index (κ3) is 14.5. The minimum Gasteiger partial charge on any atom is -0.384 e. The number of ketones is 1. The monoisotopic (exact) mass is 446 g/mol. The average Bonchev–Trinajstić information content (AvgIpc) is 2.66. The summed E-state index contributed by atoms with van der Waals surface area (Å²) in [6.07, 6.45) is 10.4. The van der Waals surface area contributed by atoms with Crippen LogP contribution in [-0.4, -0.2) is 21.6 Å². The van der Waals surface area contributed by atoms with Crippen LogP contribution in [-0.2, 0) is 10.4 Å². The molecule has 32 heavy (non-hydrogen) atoms. The fourth-order valence-electron chi connectivity index (χ4n) is 3.16. The summed E-state index contributed by atoms with van der Waals surface area (Å²) in [5.41, 5.74) is 2.69. The van der Waals surface area contributed by atoms with Gasteiger partial charge in [0.25, 0.3) is 0 Å². The highest BCUT2D eigenvalue weighted by molar-refractivity contribution is 5.84. The molecule has 4 nitrogen and oxygen atoms in total. The molecule has 0 aromatic carbocycles. The van der Waals surface area contributed by atoms with E-state index in [4.69, 9.17) is 0 Å². The van der Waals surface area contributed by atoms with Crippen LogP contribution >= 0.6 is 0 Å². The summed E-state index contributed by atoms with van der Waals surface area (Å²) in [4.78, 5) is 19.9. The second-order valence-electron chi connectivity index (χ2n) is 10.2. The van der Waals surface area contributed by atoms with Crippen molar-refractivity contribution in [2.75, 3.05) is 0 Å². The van der Waals surface area contributed by atoms with Gasteiger partial charge in [-0.15, -0.1) is 0 Å². The van der Waals surface area contributed by atoms with Crippen molar-refractivity contribution in [3.63, 3.8) is 0 Å². The molecule has 0 bridgehead atoms. The lowest BCUT2D eigenvalue weighted by atomic mass is 9.88. The summed E-state index contributed by atoms with van der Waals surface area (Å²) < 4.78 is 0. The maximum atomic E-state index is 10.9. The van der Waals surface area contributed by atoms with E-state index in [-0.39, 0.29) is 0 Å². The average molecular weight is 447 g/mol. The van der Waals surface area contributed by atoms with Gasteiger partial charge in [0.1, 0.15) is 11.4 Å². The molecule has 0 unspecified atom stereocenters. The van der Waals surface area contributed by atoms with Gasteiger partial charge in [0.2, 0.25) is 0 Å². The van der Waals surface area contributed by atoms with E-state index in [9.17, 15) is 9.90 Å². The molecule has 1 aliphatic carbocycles. The van der Waals surface area contributed by atoms with E-state index < -0.39 is 5.60 Å². The Bertz CT molecular complexity index is 683. The fourth-order valence-corrected chi connectivity index (χ4v) is 3.16. The molecule has 0 radical (unpaired) electrons.